The number of hydrogen-bond acceptors (Lipinski definition) is 3. The minimum absolute atomic E-state index is 0.000611. The Labute approximate surface area is 236 Å². The van der Waals surface area contributed by atoms with Crippen molar-refractivity contribution in [3.05, 3.63) is 12.2 Å². The highest BCUT2D eigenvalue weighted by Gasteiger charge is 2.14. The molecule has 0 amide bonds. The third-order valence-corrected chi connectivity index (χ3v) is 7.49. The first-order valence-electron chi connectivity index (χ1n) is 16.7. The van der Waals surface area contributed by atoms with E-state index in [9.17, 15) is 9.59 Å². The Kier molecular flexibility index (Phi) is 29.2. The SMILES string of the molecule is CCCCCC/C=C\CCCCCCCC(=O)OC(CCCCCCCC)CCCCCCCCC(=O)O. The van der Waals surface area contributed by atoms with Gasteiger partial charge in [-0.25, -0.2) is 0 Å². The van der Waals surface area contributed by atoms with E-state index in [4.69, 9.17) is 9.84 Å². The summed E-state index contributed by atoms with van der Waals surface area (Å²) in [6.07, 6.45) is 35.1. The Morgan fingerprint density at radius 2 is 0.947 bits per heavy atom. The summed E-state index contributed by atoms with van der Waals surface area (Å²) >= 11 is 0. The lowest BCUT2D eigenvalue weighted by molar-refractivity contribution is -0.150. The molecule has 4 heteroatoms. The molecule has 0 spiro atoms. The maximum absolute atomic E-state index is 12.5. The number of hydrogen-bond donors (Lipinski definition) is 1. The summed E-state index contributed by atoms with van der Waals surface area (Å²) in [5.74, 6) is -0.693. The van der Waals surface area contributed by atoms with Crippen LogP contribution in [0.2, 0.25) is 0 Å². The van der Waals surface area contributed by atoms with Gasteiger partial charge in [-0.3, -0.25) is 9.59 Å². The van der Waals surface area contributed by atoms with Crippen LogP contribution in [0.1, 0.15) is 187 Å². The molecule has 0 rings (SSSR count). The van der Waals surface area contributed by atoms with Gasteiger partial charge in [0.15, 0.2) is 0 Å². The molecule has 4 nitrogen and oxygen atoms in total. The summed E-state index contributed by atoms with van der Waals surface area (Å²) in [5, 5.41) is 8.73. The molecule has 1 N–H and O–H groups in total. The van der Waals surface area contributed by atoms with E-state index in [1.807, 2.05) is 0 Å². The van der Waals surface area contributed by atoms with Gasteiger partial charge in [0.1, 0.15) is 6.10 Å². The summed E-state index contributed by atoms with van der Waals surface area (Å²) in [4.78, 5) is 23.1. The predicted octanol–water partition coefficient (Wildman–Crippen LogP) is 11.1. The van der Waals surface area contributed by atoms with E-state index in [0.29, 0.717) is 6.42 Å². The monoisotopic (exact) mass is 536 g/mol. The van der Waals surface area contributed by atoms with Crippen molar-refractivity contribution in [3.63, 3.8) is 0 Å². The zero-order valence-electron chi connectivity index (χ0n) is 25.5. The van der Waals surface area contributed by atoms with Gasteiger partial charge in [-0.05, 0) is 64.2 Å². The number of carbonyl (C=O) groups excluding carboxylic acids is 1. The molecule has 0 aromatic rings. The van der Waals surface area contributed by atoms with Gasteiger partial charge in [-0.1, -0.05) is 122 Å². The van der Waals surface area contributed by atoms with E-state index in [1.54, 1.807) is 0 Å². The highest BCUT2D eigenvalue weighted by atomic mass is 16.5. The first-order valence-corrected chi connectivity index (χ1v) is 16.7. The summed E-state index contributed by atoms with van der Waals surface area (Å²) < 4.78 is 5.94. The van der Waals surface area contributed by atoms with Crippen molar-refractivity contribution in [2.45, 2.75) is 193 Å². The molecular formula is C34H64O4. The largest absolute Gasteiger partial charge is 0.481 e. The van der Waals surface area contributed by atoms with E-state index in [-0.39, 0.29) is 18.5 Å². The van der Waals surface area contributed by atoms with Gasteiger partial charge in [0, 0.05) is 12.8 Å². The molecule has 0 bridgehead atoms. The maximum atomic E-state index is 12.5. The number of rotatable bonds is 30. The van der Waals surface area contributed by atoms with Gasteiger partial charge < -0.3 is 9.84 Å². The summed E-state index contributed by atoms with van der Waals surface area (Å²) in [7, 11) is 0. The number of unbranched alkanes of at least 4 members (excludes halogenated alkanes) is 19. The number of carboxylic acids is 1. The molecule has 0 aliphatic carbocycles. The van der Waals surface area contributed by atoms with E-state index >= 15 is 0 Å². The first-order chi connectivity index (χ1) is 18.6. The van der Waals surface area contributed by atoms with E-state index in [2.05, 4.69) is 26.0 Å². The summed E-state index contributed by atoms with van der Waals surface area (Å²) in [6.45, 7) is 4.50. The van der Waals surface area contributed by atoms with Crippen LogP contribution in [0, 0.1) is 0 Å². The van der Waals surface area contributed by atoms with Crippen LogP contribution in [-0.4, -0.2) is 23.1 Å². The second kappa shape index (κ2) is 30.2. The molecule has 0 aliphatic rings. The van der Waals surface area contributed by atoms with Crippen molar-refractivity contribution < 1.29 is 19.4 Å². The molecule has 0 aliphatic heterocycles. The molecule has 1 atom stereocenters. The summed E-state index contributed by atoms with van der Waals surface area (Å²) in [6, 6.07) is 0. The van der Waals surface area contributed by atoms with E-state index in [1.165, 1.54) is 89.9 Å². The van der Waals surface area contributed by atoms with Crippen molar-refractivity contribution in [1.29, 1.82) is 0 Å². The van der Waals surface area contributed by atoms with Crippen molar-refractivity contribution in [1.82, 2.24) is 0 Å². The van der Waals surface area contributed by atoms with E-state index < -0.39 is 5.97 Å². The molecule has 0 saturated carbocycles. The quantitative estimate of drug-likeness (QED) is 0.0563. The fraction of sp³-hybridized carbons (Fsp3) is 0.882. The molecule has 224 valence electrons. The number of carboxylic acid groups (broad SMARTS) is 1. The molecule has 0 radical (unpaired) electrons. The lowest BCUT2D eigenvalue weighted by atomic mass is 10.0. The van der Waals surface area contributed by atoms with Gasteiger partial charge in [-0.2, -0.15) is 0 Å². The Hall–Kier alpha value is -1.32. The van der Waals surface area contributed by atoms with Crippen LogP contribution in [0.3, 0.4) is 0 Å². The lowest BCUT2D eigenvalue weighted by Crippen LogP contribution is -2.18. The Balaban J connectivity index is 3.97. The molecule has 0 aromatic carbocycles. The smallest absolute Gasteiger partial charge is 0.306 e. The number of allylic oxidation sites excluding steroid dienone is 2. The molecule has 0 fully saturated rings. The molecule has 0 aromatic heterocycles. The van der Waals surface area contributed by atoms with Crippen LogP contribution in [0.5, 0.6) is 0 Å². The van der Waals surface area contributed by atoms with E-state index in [0.717, 1.165) is 70.6 Å². The highest BCUT2D eigenvalue weighted by molar-refractivity contribution is 5.69. The first kappa shape index (κ1) is 36.7. The van der Waals surface area contributed by atoms with Gasteiger partial charge in [0.05, 0.1) is 0 Å². The van der Waals surface area contributed by atoms with Crippen LogP contribution in [0.4, 0.5) is 0 Å². The Morgan fingerprint density at radius 3 is 1.45 bits per heavy atom. The minimum Gasteiger partial charge on any atom is -0.481 e. The second-order valence-corrected chi connectivity index (χ2v) is 11.3. The van der Waals surface area contributed by atoms with Crippen LogP contribution < -0.4 is 0 Å². The van der Waals surface area contributed by atoms with Crippen LogP contribution in [0.25, 0.3) is 0 Å². The number of aliphatic carboxylic acids is 1. The fourth-order valence-corrected chi connectivity index (χ4v) is 5.00. The molecular weight excluding hydrogens is 472 g/mol. The van der Waals surface area contributed by atoms with Gasteiger partial charge in [-0.15, -0.1) is 0 Å². The van der Waals surface area contributed by atoms with Gasteiger partial charge in [0.25, 0.3) is 0 Å². The molecule has 0 heterocycles. The average Bonchev–Trinajstić information content (AvgIpc) is 2.89. The Bertz CT molecular complexity index is 543. The predicted molar refractivity (Wildman–Crippen MR) is 163 cm³/mol. The van der Waals surface area contributed by atoms with Gasteiger partial charge in [0.2, 0.25) is 0 Å². The fourth-order valence-electron chi connectivity index (χ4n) is 5.00. The zero-order chi connectivity index (χ0) is 27.9. The molecule has 1 unspecified atom stereocenters. The van der Waals surface area contributed by atoms with Crippen molar-refractivity contribution in [2.75, 3.05) is 0 Å². The normalized spacial score (nSPS) is 12.3. The average molecular weight is 537 g/mol. The molecule has 0 saturated heterocycles. The third kappa shape index (κ3) is 29.2. The number of carbonyl (C=O) groups is 2. The van der Waals surface area contributed by atoms with Gasteiger partial charge >= 0.3 is 11.9 Å². The minimum atomic E-state index is -0.694. The standard InChI is InChI=1S/C34H64O4/c1-3-5-7-9-11-12-13-14-15-16-17-23-27-31-34(37)38-32(28-24-20-10-8-6-4-2)29-25-21-18-19-22-26-30-33(35)36/h12-13,32H,3-11,14-31H2,1-2H3,(H,35,36)/b13-12-. The number of ether oxygens (including phenoxy) is 1. The van der Waals surface area contributed by atoms with Crippen molar-refractivity contribution in [2.24, 2.45) is 0 Å². The summed E-state index contributed by atoms with van der Waals surface area (Å²) in [5.41, 5.74) is 0. The molecule has 38 heavy (non-hydrogen) atoms. The van der Waals surface area contributed by atoms with Crippen LogP contribution in [0.15, 0.2) is 12.2 Å². The topological polar surface area (TPSA) is 63.6 Å². The highest BCUT2D eigenvalue weighted by Crippen LogP contribution is 2.18. The van der Waals surface area contributed by atoms with Crippen LogP contribution >= 0.6 is 0 Å². The number of esters is 1. The maximum Gasteiger partial charge on any atom is 0.306 e. The Morgan fingerprint density at radius 1 is 0.553 bits per heavy atom. The lowest BCUT2D eigenvalue weighted by Gasteiger charge is -2.18. The van der Waals surface area contributed by atoms with Crippen LogP contribution in [-0.2, 0) is 14.3 Å². The van der Waals surface area contributed by atoms with Crippen molar-refractivity contribution >= 4 is 11.9 Å². The van der Waals surface area contributed by atoms with Crippen molar-refractivity contribution in [3.8, 4) is 0 Å². The third-order valence-electron chi connectivity index (χ3n) is 7.49. The zero-order valence-corrected chi connectivity index (χ0v) is 25.5. The second-order valence-electron chi connectivity index (χ2n) is 11.3.